The Labute approximate surface area is 79.7 Å². The Morgan fingerprint density at radius 1 is 1.46 bits per heavy atom. The third-order valence-corrected chi connectivity index (χ3v) is 1.61. The molecule has 0 N–H and O–H groups in total. The van der Waals surface area contributed by atoms with E-state index in [1.54, 1.807) is 6.08 Å². The van der Waals surface area contributed by atoms with Crippen LogP contribution in [0.2, 0.25) is 0 Å². The van der Waals surface area contributed by atoms with Gasteiger partial charge in [-0.1, -0.05) is 33.1 Å². The fourth-order valence-electron chi connectivity index (χ4n) is 0.868. The lowest BCUT2D eigenvalue weighted by Crippen LogP contribution is -1.99. The van der Waals surface area contributed by atoms with Crippen molar-refractivity contribution < 1.29 is 14.3 Å². The van der Waals surface area contributed by atoms with Crippen LogP contribution in [0.15, 0.2) is 11.8 Å². The van der Waals surface area contributed by atoms with Gasteiger partial charge in [-0.15, -0.1) is 0 Å². The molecule has 0 fully saturated rings. The number of hydrogen-bond donors (Lipinski definition) is 0. The Morgan fingerprint density at radius 3 is 2.23 bits per heavy atom. The molecular weight excluding hydrogens is 168 g/mol. The number of hydrogen-bond acceptors (Lipinski definition) is 3. The molecule has 3 nitrogen and oxygen atoms in total. The Hall–Kier alpha value is -0.990. The Bertz CT molecular complexity index is 171. The molecule has 0 saturated carbocycles. The van der Waals surface area contributed by atoms with Crippen LogP contribution in [-0.2, 0) is 14.3 Å². The van der Waals surface area contributed by atoms with Gasteiger partial charge in [0.15, 0.2) is 0 Å². The van der Waals surface area contributed by atoms with Gasteiger partial charge in [0.1, 0.15) is 6.61 Å². The summed E-state index contributed by atoms with van der Waals surface area (Å²) in [4.78, 5) is 10.4. The molecule has 13 heavy (non-hydrogen) atoms. The Kier molecular flexibility index (Phi) is 7.07. The topological polar surface area (TPSA) is 35.5 Å². The summed E-state index contributed by atoms with van der Waals surface area (Å²) >= 11 is 0. The van der Waals surface area contributed by atoms with Crippen LogP contribution < -0.4 is 0 Å². The summed E-state index contributed by atoms with van der Waals surface area (Å²) in [6.45, 7) is 4.77. The average Bonchev–Trinajstić information content (AvgIpc) is 2.53. The van der Waals surface area contributed by atoms with Crippen LogP contribution in [0, 0.1) is 0 Å². The Balaban J connectivity index is 0.000000252. The summed E-state index contributed by atoms with van der Waals surface area (Å²) in [7, 11) is 1.44. The summed E-state index contributed by atoms with van der Waals surface area (Å²) in [5.41, 5.74) is 0. The first-order valence-electron chi connectivity index (χ1n) is 4.67. The number of carbonyl (C=O) groups is 1. The Morgan fingerprint density at radius 2 is 2.08 bits per heavy atom. The highest BCUT2D eigenvalue weighted by Gasteiger charge is 2.15. The van der Waals surface area contributed by atoms with E-state index in [-0.39, 0.29) is 5.97 Å². The molecule has 0 aromatic rings. The second-order valence-electron chi connectivity index (χ2n) is 2.72. The van der Waals surface area contributed by atoms with Crippen molar-refractivity contribution in [1.29, 1.82) is 0 Å². The minimum Gasteiger partial charge on any atom is -0.490 e. The van der Waals surface area contributed by atoms with E-state index in [0.717, 1.165) is 0 Å². The highest BCUT2D eigenvalue weighted by molar-refractivity contribution is 5.88. The minimum absolute atomic E-state index is 0.310. The number of methoxy groups -OCH3 is 1. The van der Waals surface area contributed by atoms with Crippen molar-refractivity contribution in [2.24, 2.45) is 0 Å². The van der Waals surface area contributed by atoms with E-state index in [0.29, 0.717) is 12.4 Å². The molecule has 76 valence electrons. The molecule has 1 aliphatic heterocycles. The number of unbranched alkanes of at least 4 members (excludes halogenated alkanes) is 2. The lowest BCUT2D eigenvalue weighted by atomic mass is 10.3. The van der Waals surface area contributed by atoms with Gasteiger partial charge < -0.3 is 9.47 Å². The molecular formula is C10H18O3. The molecule has 0 amide bonds. The highest BCUT2D eigenvalue weighted by atomic mass is 16.6. The van der Waals surface area contributed by atoms with Crippen molar-refractivity contribution in [1.82, 2.24) is 0 Å². The monoisotopic (exact) mass is 186 g/mol. The summed E-state index contributed by atoms with van der Waals surface area (Å²) in [5, 5.41) is 0. The maximum absolute atomic E-state index is 10.4. The van der Waals surface area contributed by atoms with Gasteiger partial charge in [-0.3, -0.25) is 0 Å². The molecule has 0 aromatic carbocycles. The third kappa shape index (κ3) is 5.28. The second-order valence-corrected chi connectivity index (χ2v) is 2.72. The third-order valence-electron chi connectivity index (χ3n) is 1.61. The lowest BCUT2D eigenvalue weighted by molar-refractivity contribution is -0.138. The molecule has 0 atom stereocenters. The predicted molar refractivity (Wildman–Crippen MR) is 51.3 cm³/mol. The normalized spacial score (nSPS) is 14.1. The largest absolute Gasteiger partial charge is 0.490 e. The van der Waals surface area contributed by atoms with Gasteiger partial charge in [0, 0.05) is 6.08 Å². The van der Waals surface area contributed by atoms with E-state index < -0.39 is 0 Å². The van der Waals surface area contributed by atoms with Gasteiger partial charge >= 0.3 is 5.97 Å². The molecule has 0 radical (unpaired) electrons. The van der Waals surface area contributed by atoms with Crippen molar-refractivity contribution in [3.63, 3.8) is 0 Å². The zero-order valence-electron chi connectivity index (χ0n) is 8.63. The van der Waals surface area contributed by atoms with E-state index in [1.807, 2.05) is 0 Å². The SMILES string of the molecule is CCCCC.COC1=CCOC1=O. The molecule has 0 unspecified atom stereocenters. The van der Waals surface area contributed by atoms with Gasteiger partial charge in [0.05, 0.1) is 7.11 Å². The lowest BCUT2D eigenvalue weighted by Gasteiger charge is -1.92. The molecule has 0 bridgehead atoms. The van der Waals surface area contributed by atoms with Crippen molar-refractivity contribution >= 4 is 5.97 Å². The minimum atomic E-state index is -0.368. The molecule has 3 heteroatoms. The maximum atomic E-state index is 10.4. The first-order chi connectivity index (χ1) is 6.26. The number of rotatable bonds is 3. The van der Waals surface area contributed by atoms with Crippen LogP contribution in [0.3, 0.4) is 0 Å². The second kappa shape index (κ2) is 7.65. The standard InChI is InChI=1S/C5H6O3.C5H12/c1-7-4-2-3-8-5(4)6;1-3-5-4-2/h2H,3H2,1H3;3-5H2,1-2H3. The van der Waals surface area contributed by atoms with Gasteiger partial charge in [-0.05, 0) is 0 Å². The summed E-state index contributed by atoms with van der Waals surface area (Å²) < 4.78 is 9.11. The van der Waals surface area contributed by atoms with E-state index in [4.69, 9.17) is 0 Å². The van der Waals surface area contributed by atoms with Gasteiger partial charge in [0.2, 0.25) is 5.76 Å². The molecule has 1 aliphatic rings. The quantitative estimate of drug-likeness (QED) is 0.634. The van der Waals surface area contributed by atoms with E-state index in [2.05, 4.69) is 23.3 Å². The van der Waals surface area contributed by atoms with E-state index >= 15 is 0 Å². The summed E-state index contributed by atoms with van der Waals surface area (Å²) in [5.74, 6) is -0.0579. The average molecular weight is 186 g/mol. The van der Waals surface area contributed by atoms with Crippen LogP contribution >= 0.6 is 0 Å². The number of esters is 1. The van der Waals surface area contributed by atoms with Crippen LogP contribution in [0.25, 0.3) is 0 Å². The van der Waals surface area contributed by atoms with Crippen LogP contribution in [0.1, 0.15) is 33.1 Å². The smallest absolute Gasteiger partial charge is 0.373 e. The van der Waals surface area contributed by atoms with Gasteiger partial charge in [-0.25, -0.2) is 4.79 Å². The summed E-state index contributed by atoms with van der Waals surface area (Å²) in [6.07, 6.45) is 5.68. The fraction of sp³-hybridized carbons (Fsp3) is 0.700. The van der Waals surface area contributed by atoms with Gasteiger partial charge in [-0.2, -0.15) is 0 Å². The van der Waals surface area contributed by atoms with Crippen LogP contribution in [-0.4, -0.2) is 19.7 Å². The van der Waals surface area contributed by atoms with Crippen molar-refractivity contribution in [2.45, 2.75) is 33.1 Å². The van der Waals surface area contributed by atoms with Gasteiger partial charge in [0.25, 0.3) is 0 Å². The van der Waals surface area contributed by atoms with E-state index in [1.165, 1.54) is 26.4 Å². The molecule has 1 rings (SSSR count). The van der Waals surface area contributed by atoms with Crippen molar-refractivity contribution in [2.75, 3.05) is 13.7 Å². The predicted octanol–water partition coefficient (Wildman–Crippen LogP) is 2.27. The molecule has 0 aromatic heterocycles. The first-order valence-corrected chi connectivity index (χ1v) is 4.67. The summed E-state index contributed by atoms with van der Waals surface area (Å²) in [6, 6.07) is 0. The molecule has 0 aliphatic carbocycles. The zero-order valence-corrected chi connectivity index (χ0v) is 8.63. The highest BCUT2D eigenvalue weighted by Crippen LogP contribution is 2.05. The first kappa shape index (κ1) is 12.0. The molecule has 0 saturated heterocycles. The zero-order chi connectivity index (χ0) is 10.1. The number of carbonyl (C=O) groups excluding carboxylic acids is 1. The maximum Gasteiger partial charge on any atom is 0.373 e. The van der Waals surface area contributed by atoms with Crippen LogP contribution in [0.5, 0.6) is 0 Å². The molecule has 1 heterocycles. The van der Waals surface area contributed by atoms with Crippen LogP contribution in [0.4, 0.5) is 0 Å². The molecule has 0 spiro atoms. The number of cyclic esters (lactones) is 1. The fourth-order valence-corrected chi connectivity index (χ4v) is 0.868. The number of ether oxygens (including phenoxy) is 2. The van der Waals surface area contributed by atoms with Crippen molar-refractivity contribution in [3.05, 3.63) is 11.8 Å². The van der Waals surface area contributed by atoms with E-state index in [9.17, 15) is 4.79 Å². The van der Waals surface area contributed by atoms with Crippen molar-refractivity contribution in [3.8, 4) is 0 Å².